The molecular weight excluding hydrogens is 416 g/mol. The van der Waals surface area contributed by atoms with Crippen LogP contribution in [0.1, 0.15) is 11.6 Å². The van der Waals surface area contributed by atoms with E-state index in [0.717, 1.165) is 71.6 Å². The molecule has 0 aliphatic carbocycles. The fourth-order valence-electron chi connectivity index (χ4n) is 4.47. The third-order valence-corrected chi connectivity index (χ3v) is 5.91. The maximum absolute atomic E-state index is 6.47. The molecule has 0 saturated carbocycles. The second-order valence-corrected chi connectivity index (χ2v) is 7.95. The summed E-state index contributed by atoms with van der Waals surface area (Å²) in [4.78, 5) is 18.9. The van der Waals surface area contributed by atoms with Crippen LogP contribution in [0.15, 0.2) is 75.1 Å². The molecule has 0 amide bonds. The number of para-hydroxylation sites is 4. The second-order valence-electron chi connectivity index (χ2n) is 7.95. The van der Waals surface area contributed by atoms with Crippen molar-refractivity contribution in [2.45, 2.75) is 0 Å². The van der Waals surface area contributed by atoms with Gasteiger partial charge in [0.1, 0.15) is 0 Å². The number of imidazole rings is 2. The van der Waals surface area contributed by atoms with E-state index in [2.05, 4.69) is 20.6 Å². The molecule has 2 aromatic carbocycles. The maximum atomic E-state index is 6.47. The lowest BCUT2D eigenvalue weighted by Gasteiger charge is -2.08. The van der Waals surface area contributed by atoms with E-state index in [1.807, 2.05) is 69.8 Å². The molecule has 9 nitrogen and oxygen atoms in total. The Labute approximate surface area is 188 Å². The van der Waals surface area contributed by atoms with Gasteiger partial charge >= 0.3 is 0 Å². The zero-order chi connectivity index (χ0) is 21.8. The lowest BCUT2D eigenvalue weighted by molar-refractivity contribution is 0.519. The molecule has 9 heteroatoms. The topological polar surface area (TPSA) is 97.6 Å². The molecule has 0 bridgehead atoms. The molecule has 0 saturated heterocycles. The van der Waals surface area contributed by atoms with E-state index in [0.29, 0.717) is 11.8 Å². The molecule has 7 rings (SSSR count). The average Bonchev–Trinajstić information content (AvgIpc) is 3.66. The van der Waals surface area contributed by atoms with E-state index in [1.54, 1.807) is 0 Å². The first-order valence-corrected chi connectivity index (χ1v) is 11.0. The highest BCUT2D eigenvalue weighted by molar-refractivity contribution is 6.01. The number of hydrogen-bond acceptors (Lipinski definition) is 7. The molecule has 33 heavy (non-hydrogen) atoms. The lowest BCUT2D eigenvalue weighted by atomic mass is 10.3. The zero-order valence-electron chi connectivity index (χ0n) is 17.7. The molecule has 0 radical (unpaired) electrons. The van der Waals surface area contributed by atoms with E-state index in [-0.39, 0.29) is 0 Å². The number of aromatic nitrogens is 4. The van der Waals surface area contributed by atoms with Crippen molar-refractivity contribution in [1.82, 2.24) is 29.7 Å². The largest absolute Gasteiger partial charge is 0.423 e. The normalized spacial score (nSPS) is 15.6. The maximum Gasteiger partial charge on any atom is 0.208 e. The fourth-order valence-corrected chi connectivity index (χ4v) is 4.47. The van der Waals surface area contributed by atoms with Crippen LogP contribution < -0.4 is 10.6 Å². The molecule has 0 spiro atoms. The number of amidine groups is 2. The molecule has 0 fully saturated rings. The van der Waals surface area contributed by atoms with E-state index in [1.165, 1.54) is 0 Å². The predicted molar refractivity (Wildman–Crippen MR) is 127 cm³/mol. The van der Waals surface area contributed by atoms with Crippen LogP contribution >= 0.6 is 0 Å². The number of benzene rings is 2. The molecule has 3 aromatic heterocycles. The minimum Gasteiger partial charge on any atom is -0.423 e. The first kappa shape index (κ1) is 18.2. The van der Waals surface area contributed by atoms with Gasteiger partial charge in [0.15, 0.2) is 23.3 Å². The number of furan rings is 1. The van der Waals surface area contributed by atoms with Gasteiger partial charge in [0.2, 0.25) is 11.8 Å². The second kappa shape index (κ2) is 7.06. The molecule has 0 atom stereocenters. The highest BCUT2D eigenvalue weighted by Gasteiger charge is 2.24. The third-order valence-electron chi connectivity index (χ3n) is 5.91. The quantitative estimate of drug-likeness (QED) is 0.451. The molecule has 5 aromatic rings. The average molecular weight is 436 g/mol. The van der Waals surface area contributed by atoms with Gasteiger partial charge in [0.25, 0.3) is 0 Å². The van der Waals surface area contributed by atoms with Crippen molar-refractivity contribution < 1.29 is 4.42 Å². The Hall–Kier alpha value is -4.40. The minimum atomic E-state index is 0.662. The summed E-state index contributed by atoms with van der Waals surface area (Å²) in [6, 6.07) is 20.0. The lowest BCUT2D eigenvalue weighted by Crippen LogP contribution is -2.23. The van der Waals surface area contributed by atoms with E-state index in [9.17, 15) is 0 Å². The van der Waals surface area contributed by atoms with E-state index < -0.39 is 0 Å². The van der Waals surface area contributed by atoms with Gasteiger partial charge < -0.3 is 15.1 Å². The predicted octanol–water partition coefficient (Wildman–Crippen LogP) is 2.66. The van der Waals surface area contributed by atoms with Crippen LogP contribution in [0, 0.1) is 0 Å². The van der Waals surface area contributed by atoms with Gasteiger partial charge in [-0.25, -0.2) is 9.97 Å². The van der Waals surface area contributed by atoms with Crippen molar-refractivity contribution in [2.24, 2.45) is 9.98 Å². The SMILES string of the molecule is c1ccc2c(c1)nc(C1=NCCN1)n2-c1ccc(-n2c(C3=NCCN3)nc3ccccc32)o1. The fraction of sp³-hybridized carbons (Fsp3) is 0.167. The molecule has 2 aliphatic rings. The van der Waals surface area contributed by atoms with Crippen molar-refractivity contribution in [3.63, 3.8) is 0 Å². The van der Waals surface area contributed by atoms with Crippen molar-refractivity contribution in [3.05, 3.63) is 72.3 Å². The summed E-state index contributed by atoms with van der Waals surface area (Å²) in [5.41, 5.74) is 3.70. The highest BCUT2D eigenvalue weighted by Crippen LogP contribution is 2.28. The van der Waals surface area contributed by atoms with Crippen LogP contribution in [-0.2, 0) is 0 Å². The van der Waals surface area contributed by atoms with Gasteiger partial charge in [-0.1, -0.05) is 24.3 Å². The number of fused-ring (bicyclic) bond motifs is 2. The summed E-state index contributed by atoms with van der Waals surface area (Å²) in [6.07, 6.45) is 0. The van der Waals surface area contributed by atoms with Crippen molar-refractivity contribution in [2.75, 3.05) is 26.2 Å². The molecule has 5 heterocycles. The summed E-state index contributed by atoms with van der Waals surface area (Å²) >= 11 is 0. The Morgan fingerprint density at radius 1 is 0.636 bits per heavy atom. The smallest absolute Gasteiger partial charge is 0.208 e. The van der Waals surface area contributed by atoms with Gasteiger partial charge in [-0.3, -0.25) is 19.1 Å². The van der Waals surface area contributed by atoms with Crippen molar-refractivity contribution in [1.29, 1.82) is 0 Å². The van der Waals surface area contributed by atoms with Crippen LogP contribution in [0.5, 0.6) is 0 Å². The van der Waals surface area contributed by atoms with Crippen LogP contribution in [0.3, 0.4) is 0 Å². The van der Waals surface area contributed by atoms with Crippen LogP contribution in [0.2, 0.25) is 0 Å². The minimum absolute atomic E-state index is 0.662. The Balaban J connectivity index is 1.43. The Morgan fingerprint density at radius 3 is 1.58 bits per heavy atom. The number of nitrogens with one attached hydrogen (secondary N) is 2. The standard InChI is InChI=1S/C24H20N8O/c1-3-7-17-15(5-1)29-23(21-25-11-12-26-21)31(17)19-9-10-20(33-19)32-18-8-4-2-6-16(18)30-24(32)22-27-13-14-28-22/h1-10H,11-14H2,(H,25,26)(H,27,28). The molecular formula is C24H20N8O. The Morgan fingerprint density at radius 2 is 1.12 bits per heavy atom. The van der Waals surface area contributed by atoms with Gasteiger partial charge in [-0.2, -0.15) is 0 Å². The van der Waals surface area contributed by atoms with Gasteiger partial charge in [-0.15, -0.1) is 0 Å². The molecule has 0 unspecified atom stereocenters. The van der Waals surface area contributed by atoms with Crippen LogP contribution in [0.25, 0.3) is 33.8 Å². The van der Waals surface area contributed by atoms with Gasteiger partial charge in [0.05, 0.1) is 35.2 Å². The van der Waals surface area contributed by atoms with Crippen molar-refractivity contribution >= 4 is 33.7 Å². The monoisotopic (exact) mass is 436 g/mol. The van der Waals surface area contributed by atoms with Gasteiger partial charge in [-0.05, 0) is 24.3 Å². The third kappa shape index (κ3) is 2.78. The summed E-state index contributed by atoms with van der Waals surface area (Å²) in [6.45, 7) is 3.09. The number of nitrogens with zero attached hydrogens (tertiary/aromatic N) is 6. The first-order chi connectivity index (χ1) is 16.4. The van der Waals surface area contributed by atoms with Crippen molar-refractivity contribution in [3.8, 4) is 11.8 Å². The Bertz CT molecular complexity index is 1470. The van der Waals surface area contributed by atoms with Gasteiger partial charge in [0, 0.05) is 25.2 Å². The number of aliphatic imine (C=N–C) groups is 2. The molecule has 2 aliphatic heterocycles. The summed E-state index contributed by atoms with van der Waals surface area (Å²) in [5.74, 6) is 4.37. The summed E-state index contributed by atoms with van der Waals surface area (Å²) in [5, 5.41) is 6.67. The Kier molecular flexibility index (Phi) is 3.89. The summed E-state index contributed by atoms with van der Waals surface area (Å²) in [7, 11) is 0. The first-order valence-electron chi connectivity index (χ1n) is 11.0. The zero-order valence-corrected chi connectivity index (χ0v) is 17.7. The highest BCUT2D eigenvalue weighted by atomic mass is 16.4. The van der Waals surface area contributed by atoms with E-state index >= 15 is 0 Å². The van der Waals surface area contributed by atoms with Crippen LogP contribution in [0.4, 0.5) is 0 Å². The molecule has 2 N–H and O–H groups in total. The molecule has 162 valence electrons. The number of rotatable bonds is 4. The van der Waals surface area contributed by atoms with Crippen LogP contribution in [-0.4, -0.2) is 57.0 Å². The summed E-state index contributed by atoms with van der Waals surface area (Å²) < 4.78 is 10.5. The van der Waals surface area contributed by atoms with E-state index in [4.69, 9.17) is 14.4 Å². The number of hydrogen-bond donors (Lipinski definition) is 2.